The highest BCUT2D eigenvalue weighted by atomic mass is 16.4. The van der Waals surface area contributed by atoms with Crippen LogP contribution < -0.4 is 43.4 Å². The minimum Gasteiger partial charge on any atom is -0.481 e. The Morgan fingerprint density at radius 3 is 1.48 bits per heavy atom. The van der Waals surface area contributed by atoms with Crippen molar-refractivity contribution in [2.75, 3.05) is 19.8 Å². The topological polar surface area (TPSA) is 399 Å². The van der Waals surface area contributed by atoms with E-state index in [4.69, 9.17) is 26.8 Å². The second-order valence-electron chi connectivity index (χ2n) is 10.3. The first kappa shape index (κ1) is 43.0. The Balaban J connectivity index is 5.62. The Kier molecular flexibility index (Phi) is 18.8. The molecule has 0 spiro atoms. The van der Waals surface area contributed by atoms with Crippen molar-refractivity contribution in [2.45, 2.75) is 81.5 Å². The summed E-state index contributed by atoms with van der Waals surface area (Å²) in [6.07, 6.45) is -3.38. The van der Waals surface area contributed by atoms with E-state index in [2.05, 4.69) is 16.0 Å². The number of aliphatic hydroxyl groups is 4. The van der Waals surface area contributed by atoms with Gasteiger partial charge >= 0.3 is 11.9 Å². The van der Waals surface area contributed by atoms with Gasteiger partial charge in [-0.2, -0.15) is 0 Å². The van der Waals surface area contributed by atoms with Crippen LogP contribution in [0.1, 0.15) is 33.1 Å². The van der Waals surface area contributed by atoms with Crippen LogP contribution in [-0.2, 0) is 43.2 Å². The second-order valence-corrected chi connectivity index (χ2v) is 10.3. The van der Waals surface area contributed by atoms with E-state index in [9.17, 15) is 58.5 Å². The van der Waals surface area contributed by atoms with Gasteiger partial charge in [-0.05, 0) is 20.3 Å². The van der Waals surface area contributed by atoms with Crippen LogP contribution in [0.4, 0.5) is 0 Å². The van der Waals surface area contributed by atoms with Crippen molar-refractivity contribution in [3.05, 3.63) is 0 Å². The molecule has 0 heterocycles. The highest BCUT2D eigenvalue weighted by molar-refractivity contribution is 5.97. The Morgan fingerprint density at radius 2 is 1.04 bits per heavy atom. The summed E-state index contributed by atoms with van der Waals surface area (Å²) in [4.78, 5) is 109. The molecule has 8 atom stereocenters. The monoisotopic (exact) mass is 694 g/mol. The molecule has 16 N–H and O–H groups in total. The van der Waals surface area contributed by atoms with Gasteiger partial charge in [0, 0.05) is 6.42 Å². The van der Waals surface area contributed by atoms with Crippen LogP contribution in [0, 0.1) is 0 Å². The van der Waals surface area contributed by atoms with Crippen LogP contribution in [0.5, 0.6) is 0 Å². The van der Waals surface area contributed by atoms with Gasteiger partial charge in [-0.15, -0.1) is 0 Å². The van der Waals surface area contributed by atoms with Gasteiger partial charge in [-0.1, -0.05) is 0 Å². The zero-order valence-electron chi connectivity index (χ0n) is 25.9. The van der Waals surface area contributed by atoms with Crippen molar-refractivity contribution in [2.24, 2.45) is 11.5 Å². The summed E-state index contributed by atoms with van der Waals surface area (Å²) < 4.78 is 0. The normalized spacial score (nSPS) is 15.8. The molecular formula is C25H42N8O15. The first-order chi connectivity index (χ1) is 22.3. The van der Waals surface area contributed by atoms with Crippen LogP contribution in [0.3, 0.4) is 0 Å². The molecule has 0 bridgehead atoms. The van der Waals surface area contributed by atoms with Crippen molar-refractivity contribution < 1.29 is 73.8 Å². The molecular weight excluding hydrogens is 652 g/mol. The zero-order chi connectivity index (χ0) is 37.3. The molecule has 0 aliphatic heterocycles. The molecule has 0 aromatic heterocycles. The third-order valence-corrected chi connectivity index (χ3v) is 6.29. The van der Waals surface area contributed by atoms with Gasteiger partial charge in [0.1, 0.15) is 36.3 Å². The average Bonchev–Trinajstić information content (AvgIpc) is 3.00. The van der Waals surface area contributed by atoms with Crippen LogP contribution in [-0.4, -0.2) is 152 Å². The molecule has 0 aromatic rings. The molecule has 0 aliphatic rings. The number of carbonyl (C=O) groups is 9. The summed E-state index contributed by atoms with van der Waals surface area (Å²) in [7, 11) is 0. The number of nitrogens with one attached hydrogen (secondary N) is 6. The quantitative estimate of drug-likeness (QED) is 0.0500. The minimum atomic E-state index is -1.88. The van der Waals surface area contributed by atoms with E-state index < -0.39 is 141 Å². The Bertz CT molecular complexity index is 1200. The summed E-state index contributed by atoms with van der Waals surface area (Å²) in [5, 5.41) is 68.7. The van der Waals surface area contributed by atoms with Crippen molar-refractivity contribution in [3.63, 3.8) is 0 Å². The molecule has 23 nitrogen and oxygen atoms in total. The van der Waals surface area contributed by atoms with Crippen LogP contribution >= 0.6 is 0 Å². The van der Waals surface area contributed by atoms with E-state index in [1.165, 1.54) is 0 Å². The number of rotatable bonds is 22. The van der Waals surface area contributed by atoms with Crippen molar-refractivity contribution in [3.8, 4) is 0 Å². The van der Waals surface area contributed by atoms with E-state index in [1.807, 2.05) is 16.0 Å². The lowest BCUT2D eigenvalue weighted by Crippen LogP contribution is -2.62. The molecule has 0 unspecified atom stereocenters. The number of amides is 7. The lowest BCUT2D eigenvalue weighted by atomic mass is 10.1. The molecule has 0 saturated heterocycles. The number of carboxylic acids is 2. The summed E-state index contributed by atoms with van der Waals surface area (Å²) >= 11 is 0. The van der Waals surface area contributed by atoms with Gasteiger partial charge in [0.2, 0.25) is 41.4 Å². The third-order valence-electron chi connectivity index (χ3n) is 6.29. The van der Waals surface area contributed by atoms with Crippen LogP contribution in [0.15, 0.2) is 0 Å². The first-order valence-electron chi connectivity index (χ1n) is 14.1. The fourth-order valence-corrected chi connectivity index (χ4v) is 3.56. The predicted octanol–water partition coefficient (Wildman–Crippen LogP) is -8.58. The van der Waals surface area contributed by atoms with Gasteiger partial charge in [0.15, 0.2) is 0 Å². The number of primary amides is 1. The Morgan fingerprint density at radius 1 is 0.604 bits per heavy atom. The van der Waals surface area contributed by atoms with Crippen molar-refractivity contribution in [1.82, 2.24) is 31.9 Å². The number of aliphatic hydroxyl groups excluding tert-OH is 4. The lowest BCUT2D eigenvalue weighted by Gasteiger charge is -2.27. The van der Waals surface area contributed by atoms with E-state index in [0.29, 0.717) is 0 Å². The van der Waals surface area contributed by atoms with Gasteiger partial charge in [0.05, 0.1) is 38.4 Å². The van der Waals surface area contributed by atoms with Crippen LogP contribution in [0.25, 0.3) is 0 Å². The van der Waals surface area contributed by atoms with Crippen LogP contribution in [0.2, 0.25) is 0 Å². The summed E-state index contributed by atoms with van der Waals surface area (Å²) in [6, 6.07) is -11.8. The molecule has 7 amide bonds. The maximum Gasteiger partial charge on any atom is 0.328 e. The van der Waals surface area contributed by atoms with Gasteiger partial charge < -0.3 is 74.0 Å². The number of nitrogens with two attached hydrogens (primary N) is 2. The van der Waals surface area contributed by atoms with Crippen molar-refractivity contribution in [1.29, 1.82) is 0 Å². The molecule has 0 rings (SSSR count). The van der Waals surface area contributed by atoms with E-state index in [0.717, 1.165) is 13.8 Å². The number of carboxylic acid groups (broad SMARTS) is 2. The molecule has 0 aromatic carbocycles. The van der Waals surface area contributed by atoms with Crippen molar-refractivity contribution >= 4 is 53.3 Å². The molecule has 272 valence electrons. The van der Waals surface area contributed by atoms with E-state index in [-0.39, 0.29) is 0 Å². The zero-order valence-corrected chi connectivity index (χ0v) is 25.9. The smallest absolute Gasteiger partial charge is 0.328 e. The highest BCUT2D eigenvalue weighted by Gasteiger charge is 2.34. The van der Waals surface area contributed by atoms with E-state index >= 15 is 0 Å². The molecule has 48 heavy (non-hydrogen) atoms. The predicted molar refractivity (Wildman–Crippen MR) is 156 cm³/mol. The molecule has 0 fully saturated rings. The maximum atomic E-state index is 12.9. The molecule has 0 aliphatic carbocycles. The standard InChI is InChI=1S/C25H42N8O15/c1-9(28-20(42)11(26)5-17(39)40)19(41)30-14(7-35)23(45)33-18(10(2)37)24(46)31-13(6-34)22(44)29-12(3-4-16(27)38)21(43)32-15(8-36)25(47)48/h9-15,18,34-37H,3-8,26H2,1-2H3,(H2,27,38)(H,28,42)(H,29,44)(H,30,41)(H,31,46)(H,32,43)(H,33,45)(H,39,40)(H,47,48)/t9-,10+,11-,12-,13-,14-,15-,18-/m0/s1. The SMILES string of the molecule is C[C@H](NC(=O)[C@@H](N)CC(=O)O)C(=O)N[C@@H](CO)C(=O)N[C@H](C(=O)N[C@@H](CO)C(=O)N[C@@H](CCC(N)=O)C(=O)N[C@@H](CO)C(=O)O)[C@@H](C)O. The largest absolute Gasteiger partial charge is 0.481 e. The molecule has 0 saturated carbocycles. The minimum absolute atomic E-state index is 0.463. The van der Waals surface area contributed by atoms with Gasteiger partial charge in [-0.3, -0.25) is 38.4 Å². The Hall–Kier alpha value is -4.97. The maximum absolute atomic E-state index is 12.9. The van der Waals surface area contributed by atoms with E-state index in [1.54, 1.807) is 0 Å². The average molecular weight is 695 g/mol. The number of hydrogen-bond acceptors (Lipinski definition) is 14. The number of aliphatic carboxylic acids is 2. The first-order valence-corrected chi connectivity index (χ1v) is 14.1. The summed E-state index contributed by atoms with van der Waals surface area (Å²) in [5.74, 6) is -10.9. The van der Waals surface area contributed by atoms with Gasteiger partial charge in [-0.25, -0.2) is 4.79 Å². The Labute approximate surface area is 272 Å². The summed E-state index contributed by atoms with van der Waals surface area (Å²) in [6.45, 7) is -1.02. The fraction of sp³-hybridized carbons (Fsp3) is 0.640. The molecule has 0 radical (unpaired) electrons. The number of hydrogen-bond donors (Lipinski definition) is 14. The molecule has 23 heteroatoms. The van der Waals surface area contributed by atoms with Gasteiger partial charge in [0.25, 0.3) is 0 Å². The lowest BCUT2D eigenvalue weighted by molar-refractivity contribution is -0.143. The number of carbonyl (C=O) groups excluding carboxylic acids is 7. The fourth-order valence-electron chi connectivity index (χ4n) is 3.56. The summed E-state index contributed by atoms with van der Waals surface area (Å²) in [5.41, 5.74) is 10.5. The third kappa shape index (κ3) is 15.1. The highest BCUT2D eigenvalue weighted by Crippen LogP contribution is 2.02. The second kappa shape index (κ2) is 21.0.